The van der Waals surface area contributed by atoms with Crippen LogP contribution in [0.3, 0.4) is 0 Å². The van der Waals surface area contributed by atoms with E-state index < -0.39 is 0 Å². The van der Waals surface area contributed by atoms with E-state index in [1.807, 2.05) is 67.0 Å². The zero-order valence-corrected chi connectivity index (χ0v) is 34.1. The molecule has 0 radical (unpaired) electrons. The largest absolute Gasteiger partial charge is 0.456 e. The number of furan rings is 1. The van der Waals surface area contributed by atoms with E-state index in [4.69, 9.17) is 19.4 Å². The van der Waals surface area contributed by atoms with Gasteiger partial charge in [-0.3, -0.25) is 9.97 Å². The van der Waals surface area contributed by atoms with Gasteiger partial charge >= 0.3 is 0 Å². The average molecular weight is 811 g/mol. The Hall–Kier alpha value is -7.93. The number of para-hydroxylation sites is 1. The molecule has 6 heteroatoms. The van der Waals surface area contributed by atoms with Crippen molar-refractivity contribution in [3.63, 3.8) is 0 Å². The standard InChI is InChI=1S/C56H34N4OS/c1-2-13-35(14-3-1)50-32-51(60-56(59-50)38-25-27-49(58-34-38)37-15-12-28-57-33-37)36-24-26-43-41-18-5-4-16-39(41)40-17-6-7-19-42(40)45-21-9-11-23-54(45)62-55-31-47-44-20-8-10-22-52(44)61-53(47)30-48(55)46(43)29-36/h1-34H. The third kappa shape index (κ3) is 6.28. The lowest BCUT2D eigenvalue weighted by Crippen LogP contribution is -1.98. The van der Waals surface area contributed by atoms with E-state index in [0.29, 0.717) is 5.82 Å². The smallest absolute Gasteiger partial charge is 0.161 e. The third-order valence-corrected chi connectivity index (χ3v) is 12.8. The van der Waals surface area contributed by atoms with Crippen LogP contribution in [0.15, 0.2) is 221 Å². The molecule has 0 aliphatic carbocycles. The Labute approximate surface area is 362 Å². The molecule has 12 rings (SSSR count). The van der Waals surface area contributed by atoms with E-state index in [9.17, 15) is 0 Å². The van der Waals surface area contributed by atoms with Crippen molar-refractivity contribution < 1.29 is 4.42 Å². The molecule has 5 heterocycles. The first kappa shape index (κ1) is 36.0. The van der Waals surface area contributed by atoms with Crippen molar-refractivity contribution in [1.29, 1.82) is 0 Å². The molecule has 0 saturated carbocycles. The summed E-state index contributed by atoms with van der Waals surface area (Å²) in [4.78, 5) is 21.9. The normalized spacial score (nSPS) is 11.8. The fourth-order valence-corrected chi connectivity index (χ4v) is 9.83. The first-order valence-electron chi connectivity index (χ1n) is 20.6. The molecule has 0 bridgehead atoms. The van der Waals surface area contributed by atoms with E-state index in [1.54, 1.807) is 18.0 Å². The topological polar surface area (TPSA) is 64.7 Å². The predicted octanol–water partition coefficient (Wildman–Crippen LogP) is 15.0. The maximum atomic E-state index is 6.62. The number of hydrogen-bond acceptors (Lipinski definition) is 6. The third-order valence-electron chi connectivity index (χ3n) is 11.7. The van der Waals surface area contributed by atoms with Crippen molar-refractivity contribution in [2.75, 3.05) is 0 Å². The number of aromatic nitrogens is 4. The second-order valence-corrected chi connectivity index (χ2v) is 16.5. The van der Waals surface area contributed by atoms with Gasteiger partial charge in [-0.1, -0.05) is 139 Å². The minimum Gasteiger partial charge on any atom is -0.456 e. The summed E-state index contributed by atoms with van der Waals surface area (Å²) < 4.78 is 6.62. The Bertz CT molecular complexity index is 3490. The first-order valence-corrected chi connectivity index (χ1v) is 21.4. The quantitative estimate of drug-likeness (QED) is 0.176. The molecule has 4 aromatic heterocycles. The lowest BCUT2D eigenvalue weighted by atomic mass is 9.85. The number of fused-ring (bicyclic) bond motifs is 12. The van der Waals surface area contributed by atoms with Crippen LogP contribution < -0.4 is 0 Å². The lowest BCUT2D eigenvalue weighted by Gasteiger charge is -2.18. The van der Waals surface area contributed by atoms with E-state index in [2.05, 4.69) is 138 Å². The Balaban J connectivity index is 1.12. The number of pyridine rings is 2. The van der Waals surface area contributed by atoms with Gasteiger partial charge in [0, 0.05) is 61.4 Å². The number of benzene rings is 7. The predicted molar refractivity (Wildman–Crippen MR) is 253 cm³/mol. The highest BCUT2D eigenvalue weighted by molar-refractivity contribution is 7.99. The SMILES string of the molecule is c1ccc(-c2cc(-c3ccc4c(c3)-c3cc5oc6ccccc6c5cc3Sc3ccccc3-c3ccccc3-c3ccccc3-4)nc(-c3ccc(-c4cccnc4)nc3)n2)cc1. The van der Waals surface area contributed by atoms with Crippen LogP contribution in [0.2, 0.25) is 0 Å². The van der Waals surface area contributed by atoms with Crippen LogP contribution in [0, 0.1) is 0 Å². The second kappa shape index (κ2) is 15.0. The average Bonchev–Trinajstić information content (AvgIpc) is 3.71. The maximum Gasteiger partial charge on any atom is 0.161 e. The van der Waals surface area contributed by atoms with Crippen LogP contribution in [0.4, 0.5) is 0 Å². The molecule has 290 valence electrons. The fourth-order valence-electron chi connectivity index (χ4n) is 8.70. The molecule has 1 aliphatic heterocycles. The molecule has 7 aromatic carbocycles. The highest BCUT2D eigenvalue weighted by Crippen LogP contribution is 2.50. The molecular formula is C56H34N4OS. The lowest BCUT2D eigenvalue weighted by molar-refractivity contribution is 0.669. The summed E-state index contributed by atoms with van der Waals surface area (Å²) in [7, 11) is 0. The van der Waals surface area contributed by atoms with Gasteiger partial charge in [0.05, 0.1) is 17.1 Å². The Morgan fingerprint density at radius 2 is 1.00 bits per heavy atom. The van der Waals surface area contributed by atoms with Crippen LogP contribution in [-0.2, 0) is 0 Å². The van der Waals surface area contributed by atoms with Gasteiger partial charge in [0.25, 0.3) is 0 Å². The molecule has 0 fully saturated rings. The van der Waals surface area contributed by atoms with Crippen LogP contribution in [0.5, 0.6) is 0 Å². The van der Waals surface area contributed by atoms with E-state index in [0.717, 1.165) is 88.4 Å². The van der Waals surface area contributed by atoms with Gasteiger partial charge in [-0.25, -0.2) is 9.97 Å². The molecule has 0 spiro atoms. The summed E-state index contributed by atoms with van der Waals surface area (Å²) >= 11 is 1.80. The van der Waals surface area contributed by atoms with Gasteiger partial charge in [-0.05, 0) is 105 Å². The van der Waals surface area contributed by atoms with Gasteiger partial charge in [-0.2, -0.15) is 0 Å². The molecule has 1 aliphatic rings. The van der Waals surface area contributed by atoms with Crippen LogP contribution >= 0.6 is 11.8 Å². The number of rotatable bonds is 4. The number of nitrogens with zero attached hydrogens (tertiary/aromatic N) is 4. The number of hydrogen-bond donors (Lipinski definition) is 0. The zero-order chi connectivity index (χ0) is 41.0. The van der Waals surface area contributed by atoms with E-state index in [1.165, 1.54) is 27.1 Å². The molecule has 0 atom stereocenters. The minimum atomic E-state index is 0.599. The van der Waals surface area contributed by atoms with Crippen molar-refractivity contribution in [1.82, 2.24) is 19.9 Å². The summed E-state index contributed by atoms with van der Waals surface area (Å²) in [5.41, 5.74) is 17.1. The molecular weight excluding hydrogens is 777 g/mol. The summed E-state index contributed by atoms with van der Waals surface area (Å²) in [5.74, 6) is 0.599. The van der Waals surface area contributed by atoms with Gasteiger partial charge < -0.3 is 4.42 Å². The zero-order valence-electron chi connectivity index (χ0n) is 33.2. The Morgan fingerprint density at radius 3 is 1.74 bits per heavy atom. The van der Waals surface area contributed by atoms with Crippen molar-refractivity contribution in [3.05, 3.63) is 207 Å². The second-order valence-electron chi connectivity index (χ2n) is 15.4. The molecule has 11 aromatic rings. The fraction of sp³-hybridized carbons (Fsp3) is 0. The van der Waals surface area contributed by atoms with Crippen molar-refractivity contribution in [3.8, 4) is 89.7 Å². The maximum absolute atomic E-state index is 6.62. The highest BCUT2D eigenvalue weighted by Gasteiger charge is 2.24. The minimum absolute atomic E-state index is 0.599. The van der Waals surface area contributed by atoms with Gasteiger partial charge in [0.1, 0.15) is 11.2 Å². The van der Waals surface area contributed by atoms with Crippen molar-refractivity contribution in [2.24, 2.45) is 0 Å². The van der Waals surface area contributed by atoms with Gasteiger partial charge in [0.2, 0.25) is 0 Å². The highest BCUT2D eigenvalue weighted by atomic mass is 32.2. The summed E-state index contributed by atoms with van der Waals surface area (Å²) in [5, 5.41) is 2.19. The molecule has 0 amide bonds. The van der Waals surface area contributed by atoms with Crippen LogP contribution in [0.25, 0.3) is 112 Å². The van der Waals surface area contributed by atoms with Crippen molar-refractivity contribution in [2.45, 2.75) is 9.79 Å². The van der Waals surface area contributed by atoms with Gasteiger partial charge in [-0.15, -0.1) is 0 Å². The van der Waals surface area contributed by atoms with Gasteiger partial charge in [0.15, 0.2) is 5.82 Å². The van der Waals surface area contributed by atoms with E-state index in [-0.39, 0.29) is 0 Å². The molecule has 0 N–H and O–H groups in total. The summed E-state index contributed by atoms with van der Waals surface area (Å²) in [6, 6.07) is 66.3. The van der Waals surface area contributed by atoms with Crippen LogP contribution in [-0.4, -0.2) is 19.9 Å². The molecule has 5 nitrogen and oxygen atoms in total. The van der Waals surface area contributed by atoms with Crippen LogP contribution in [0.1, 0.15) is 0 Å². The molecule has 0 saturated heterocycles. The van der Waals surface area contributed by atoms with Crippen molar-refractivity contribution >= 4 is 33.7 Å². The van der Waals surface area contributed by atoms with E-state index >= 15 is 0 Å². The monoisotopic (exact) mass is 810 g/mol. The first-order chi connectivity index (χ1) is 30.7. The molecule has 62 heavy (non-hydrogen) atoms. The summed E-state index contributed by atoms with van der Waals surface area (Å²) in [6.45, 7) is 0. The Morgan fingerprint density at radius 1 is 0.355 bits per heavy atom. The Kier molecular flexibility index (Phi) is 8.68. The summed E-state index contributed by atoms with van der Waals surface area (Å²) in [6.07, 6.45) is 5.44. The molecule has 0 unspecified atom stereocenters.